The summed E-state index contributed by atoms with van der Waals surface area (Å²) < 4.78 is 0. The summed E-state index contributed by atoms with van der Waals surface area (Å²) in [4.78, 5) is 12.7. The van der Waals surface area contributed by atoms with Gasteiger partial charge in [0, 0.05) is 36.2 Å². The van der Waals surface area contributed by atoms with Gasteiger partial charge in [-0.25, -0.2) is 0 Å². The Bertz CT molecular complexity index is 422. The third kappa shape index (κ3) is 3.86. The first-order valence-corrected chi connectivity index (χ1v) is 7.86. The van der Waals surface area contributed by atoms with E-state index in [0.29, 0.717) is 5.25 Å². The Morgan fingerprint density at radius 1 is 1.37 bits per heavy atom. The summed E-state index contributed by atoms with van der Waals surface area (Å²) >= 11 is 2.02. The molecule has 4 nitrogen and oxygen atoms in total. The van der Waals surface area contributed by atoms with Crippen LogP contribution in [-0.2, 0) is 0 Å². The summed E-state index contributed by atoms with van der Waals surface area (Å²) in [5.41, 5.74) is 1.27. The Labute approximate surface area is 118 Å². The second-order valence-electron chi connectivity index (χ2n) is 4.79. The Kier molecular flexibility index (Phi) is 5.07. The number of nitro groups is 1. The molecule has 0 aliphatic carbocycles. The molecule has 0 amide bonds. The van der Waals surface area contributed by atoms with Crippen molar-refractivity contribution < 1.29 is 4.92 Å². The van der Waals surface area contributed by atoms with Crippen molar-refractivity contribution in [3.05, 3.63) is 34.4 Å². The largest absolute Gasteiger partial charge is 0.370 e. The molecule has 2 rings (SSSR count). The van der Waals surface area contributed by atoms with E-state index in [1.807, 2.05) is 23.9 Å². The third-order valence-electron chi connectivity index (χ3n) is 3.46. The smallest absolute Gasteiger partial charge is 0.269 e. The van der Waals surface area contributed by atoms with Gasteiger partial charge in [-0.05, 0) is 30.7 Å². The van der Waals surface area contributed by atoms with Gasteiger partial charge in [-0.1, -0.05) is 13.3 Å². The predicted molar refractivity (Wildman–Crippen MR) is 81.1 cm³/mol. The lowest BCUT2D eigenvalue weighted by Gasteiger charge is -2.26. The van der Waals surface area contributed by atoms with Gasteiger partial charge in [-0.2, -0.15) is 11.8 Å². The standard InChI is InChI=1S/C14H20N2O2S/c1-2-19-14-5-3-4-10-15(11-14)12-6-8-13(9-7-12)16(17)18/h6-9,14H,2-5,10-11H2,1H3. The molecule has 1 aromatic rings. The molecule has 1 unspecified atom stereocenters. The van der Waals surface area contributed by atoms with Crippen LogP contribution in [0.1, 0.15) is 26.2 Å². The lowest BCUT2D eigenvalue weighted by Crippen LogP contribution is -2.29. The molecular weight excluding hydrogens is 260 g/mol. The van der Waals surface area contributed by atoms with Gasteiger partial charge in [0.05, 0.1) is 4.92 Å². The molecule has 1 fully saturated rings. The monoisotopic (exact) mass is 280 g/mol. The Morgan fingerprint density at radius 2 is 2.11 bits per heavy atom. The highest BCUT2D eigenvalue weighted by molar-refractivity contribution is 7.99. The van der Waals surface area contributed by atoms with E-state index in [1.165, 1.54) is 19.3 Å². The Hall–Kier alpha value is -1.23. The van der Waals surface area contributed by atoms with Crippen molar-refractivity contribution >= 4 is 23.1 Å². The van der Waals surface area contributed by atoms with Crippen LogP contribution in [0.4, 0.5) is 11.4 Å². The van der Waals surface area contributed by atoms with Gasteiger partial charge in [-0.3, -0.25) is 10.1 Å². The highest BCUT2D eigenvalue weighted by Crippen LogP contribution is 2.27. The summed E-state index contributed by atoms with van der Waals surface area (Å²) in [7, 11) is 0. The number of nitrogens with zero attached hydrogens (tertiary/aromatic N) is 2. The van der Waals surface area contributed by atoms with E-state index in [-0.39, 0.29) is 10.6 Å². The van der Waals surface area contributed by atoms with E-state index in [1.54, 1.807) is 12.1 Å². The average Bonchev–Trinajstić information content (AvgIpc) is 2.65. The van der Waals surface area contributed by atoms with E-state index in [2.05, 4.69) is 11.8 Å². The maximum absolute atomic E-state index is 10.7. The molecule has 1 aliphatic rings. The van der Waals surface area contributed by atoms with Crippen LogP contribution >= 0.6 is 11.8 Å². The van der Waals surface area contributed by atoms with Crippen molar-refractivity contribution in [1.29, 1.82) is 0 Å². The number of non-ortho nitro benzene ring substituents is 1. The number of benzene rings is 1. The van der Waals surface area contributed by atoms with Gasteiger partial charge in [0.15, 0.2) is 0 Å². The summed E-state index contributed by atoms with van der Waals surface area (Å²) in [6, 6.07) is 6.94. The average molecular weight is 280 g/mol. The van der Waals surface area contributed by atoms with Gasteiger partial charge in [0.2, 0.25) is 0 Å². The van der Waals surface area contributed by atoms with Crippen molar-refractivity contribution in [1.82, 2.24) is 0 Å². The highest BCUT2D eigenvalue weighted by Gasteiger charge is 2.18. The zero-order valence-electron chi connectivity index (χ0n) is 11.2. The summed E-state index contributed by atoms with van der Waals surface area (Å²) in [5.74, 6) is 1.15. The summed E-state index contributed by atoms with van der Waals surface area (Å²) in [5, 5.41) is 11.4. The SMILES string of the molecule is CCSC1CCCCN(c2ccc([N+](=O)[O-])cc2)C1. The molecule has 1 heterocycles. The van der Waals surface area contributed by atoms with Gasteiger partial charge in [0.25, 0.3) is 5.69 Å². The molecule has 0 bridgehead atoms. The number of hydrogen-bond donors (Lipinski definition) is 0. The molecule has 0 saturated carbocycles. The third-order valence-corrected chi connectivity index (χ3v) is 4.65. The number of thioether (sulfide) groups is 1. The maximum atomic E-state index is 10.7. The van der Waals surface area contributed by atoms with Gasteiger partial charge in [-0.15, -0.1) is 0 Å². The summed E-state index contributed by atoms with van der Waals surface area (Å²) in [6.07, 6.45) is 3.76. The van der Waals surface area contributed by atoms with Gasteiger partial charge in [0.1, 0.15) is 0 Å². The van der Waals surface area contributed by atoms with E-state index in [4.69, 9.17) is 0 Å². The molecular formula is C14H20N2O2S. The topological polar surface area (TPSA) is 46.4 Å². The number of nitro benzene ring substituents is 1. The predicted octanol–water partition coefficient (Wildman–Crippen LogP) is 3.71. The van der Waals surface area contributed by atoms with E-state index < -0.39 is 0 Å². The van der Waals surface area contributed by atoms with Crippen LogP contribution in [0.3, 0.4) is 0 Å². The quantitative estimate of drug-likeness (QED) is 0.623. The first-order chi connectivity index (χ1) is 9.20. The van der Waals surface area contributed by atoms with Gasteiger partial charge < -0.3 is 4.90 Å². The van der Waals surface area contributed by atoms with E-state index in [9.17, 15) is 10.1 Å². The molecule has 1 saturated heterocycles. The Morgan fingerprint density at radius 3 is 2.74 bits per heavy atom. The van der Waals surface area contributed by atoms with Crippen molar-refractivity contribution in [3.63, 3.8) is 0 Å². The highest BCUT2D eigenvalue weighted by atomic mass is 32.2. The second kappa shape index (κ2) is 6.80. The molecule has 1 atom stereocenters. The van der Waals surface area contributed by atoms with Gasteiger partial charge >= 0.3 is 0 Å². The lowest BCUT2D eigenvalue weighted by molar-refractivity contribution is -0.384. The fourth-order valence-electron chi connectivity index (χ4n) is 2.49. The first-order valence-electron chi connectivity index (χ1n) is 6.81. The van der Waals surface area contributed by atoms with Crippen LogP contribution in [0.25, 0.3) is 0 Å². The van der Waals surface area contributed by atoms with Crippen LogP contribution in [0, 0.1) is 10.1 Å². The number of hydrogen-bond acceptors (Lipinski definition) is 4. The molecule has 1 aliphatic heterocycles. The second-order valence-corrected chi connectivity index (χ2v) is 6.37. The van der Waals surface area contributed by atoms with Crippen molar-refractivity contribution in [2.75, 3.05) is 23.7 Å². The van der Waals surface area contributed by atoms with E-state index >= 15 is 0 Å². The Balaban J connectivity index is 2.08. The molecule has 5 heteroatoms. The number of anilines is 1. The van der Waals surface area contributed by atoms with Crippen LogP contribution in [0.2, 0.25) is 0 Å². The molecule has 104 valence electrons. The molecule has 1 aromatic carbocycles. The minimum absolute atomic E-state index is 0.165. The van der Waals surface area contributed by atoms with Crippen molar-refractivity contribution in [2.24, 2.45) is 0 Å². The van der Waals surface area contributed by atoms with E-state index in [0.717, 1.165) is 24.5 Å². The number of rotatable bonds is 4. The maximum Gasteiger partial charge on any atom is 0.269 e. The lowest BCUT2D eigenvalue weighted by atomic mass is 10.2. The first kappa shape index (κ1) is 14.2. The normalized spacial score (nSPS) is 20.1. The summed E-state index contributed by atoms with van der Waals surface area (Å²) in [6.45, 7) is 4.31. The minimum atomic E-state index is -0.345. The molecule has 0 N–H and O–H groups in total. The van der Waals surface area contributed by atoms with Crippen LogP contribution in [0.5, 0.6) is 0 Å². The zero-order valence-corrected chi connectivity index (χ0v) is 12.1. The van der Waals surface area contributed by atoms with Crippen molar-refractivity contribution in [3.8, 4) is 0 Å². The molecule has 0 radical (unpaired) electrons. The van der Waals surface area contributed by atoms with Crippen LogP contribution < -0.4 is 4.90 Å². The fraction of sp³-hybridized carbons (Fsp3) is 0.571. The molecule has 0 spiro atoms. The van der Waals surface area contributed by atoms with Crippen LogP contribution in [-0.4, -0.2) is 29.0 Å². The molecule has 19 heavy (non-hydrogen) atoms. The zero-order chi connectivity index (χ0) is 13.7. The minimum Gasteiger partial charge on any atom is -0.370 e. The van der Waals surface area contributed by atoms with Crippen LogP contribution in [0.15, 0.2) is 24.3 Å². The fourth-order valence-corrected chi connectivity index (χ4v) is 3.58. The molecule has 0 aromatic heterocycles. The van der Waals surface area contributed by atoms with Crippen molar-refractivity contribution in [2.45, 2.75) is 31.4 Å².